The fraction of sp³-hybridized carbons (Fsp3) is 0.417. The number of rotatable bonds is 10. The van der Waals surface area contributed by atoms with Gasteiger partial charge in [-0.05, 0) is 62.6 Å². The molecule has 2 rings (SSSR count). The van der Waals surface area contributed by atoms with E-state index < -0.39 is 34.3 Å². The van der Waals surface area contributed by atoms with Crippen LogP contribution in [0.15, 0.2) is 42.5 Å². The highest BCUT2D eigenvalue weighted by Gasteiger charge is 2.32. The van der Waals surface area contributed by atoms with Crippen molar-refractivity contribution >= 4 is 39.1 Å². The zero-order valence-corrected chi connectivity index (χ0v) is 21.6. The normalized spacial score (nSPS) is 12.4. The molecular formula is C24H31ClFN3O4S. The SMILES string of the molecule is CC[C@@H](C(=O)NC(C)C)N(Cc1ccc(F)cc1)C(=O)CN(c1cc(Cl)ccc1C)S(C)(=O)=O. The van der Waals surface area contributed by atoms with E-state index in [0.29, 0.717) is 22.6 Å². The number of anilines is 1. The topological polar surface area (TPSA) is 86.8 Å². The van der Waals surface area contributed by atoms with Gasteiger partial charge in [-0.2, -0.15) is 0 Å². The molecule has 1 atom stereocenters. The van der Waals surface area contributed by atoms with E-state index in [2.05, 4.69) is 5.32 Å². The van der Waals surface area contributed by atoms with E-state index in [1.807, 2.05) is 13.8 Å². The van der Waals surface area contributed by atoms with E-state index in [9.17, 15) is 22.4 Å². The molecule has 0 aliphatic heterocycles. The molecule has 0 aromatic heterocycles. The van der Waals surface area contributed by atoms with Crippen molar-refractivity contribution in [2.45, 2.75) is 52.7 Å². The number of nitrogens with zero attached hydrogens (tertiary/aromatic N) is 2. The van der Waals surface area contributed by atoms with Crippen molar-refractivity contribution in [3.8, 4) is 0 Å². The third kappa shape index (κ3) is 7.43. The molecule has 7 nitrogen and oxygen atoms in total. The molecule has 34 heavy (non-hydrogen) atoms. The lowest BCUT2D eigenvalue weighted by Gasteiger charge is -2.33. The summed E-state index contributed by atoms with van der Waals surface area (Å²) < 4.78 is 39.7. The van der Waals surface area contributed by atoms with Crippen LogP contribution in [0.1, 0.15) is 38.3 Å². The average Bonchev–Trinajstić information content (AvgIpc) is 2.73. The molecule has 1 N–H and O–H groups in total. The van der Waals surface area contributed by atoms with E-state index in [-0.39, 0.29) is 24.2 Å². The molecule has 0 radical (unpaired) electrons. The Labute approximate surface area is 205 Å². The van der Waals surface area contributed by atoms with E-state index >= 15 is 0 Å². The molecule has 0 saturated carbocycles. The number of nitrogens with one attached hydrogen (secondary N) is 1. The highest BCUT2D eigenvalue weighted by molar-refractivity contribution is 7.92. The highest BCUT2D eigenvalue weighted by atomic mass is 35.5. The number of carbonyl (C=O) groups is 2. The smallest absolute Gasteiger partial charge is 0.244 e. The zero-order valence-electron chi connectivity index (χ0n) is 20.0. The monoisotopic (exact) mass is 511 g/mol. The van der Waals surface area contributed by atoms with Gasteiger partial charge in [-0.15, -0.1) is 0 Å². The number of hydrogen-bond acceptors (Lipinski definition) is 4. The second kappa shape index (κ2) is 11.7. The van der Waals surface area contributed by atoms with E-state index in [1.165, 1.54) is 35.2 Å². The minimum absolute atomic E-state index is 0.00919. The molecule has 0 heterocycles. The summed E-state index contributed by atoms with van der Waals surface area (Å²) in [7, 11) is -3.86. The van der Waals surface area contributed by atoms with Gasteiger partial charge in [0.25, 0.3) is 0 Å². The quantitative estimate of drug-likeness (QED) is 0.524. The van der Waals surface area contributed by atoms with Crippen molar-refractivity contribution in [2.24, 2.45) is 0 Å². The molecule has 2 amide bonds. The van der Waals surface area contributed by atoms with E-state index in [4.69, 9.17) is 11.6 Å². The molecule has 0 fully saturated rings. The van der Waals surface area contributed by atoms with Gasteiger partial charge in [-0.3, -0.25) is 13.9 Å². The number of aryl methyl sites for hydroxylation is 1. The number of amides is 2. The lowest BCUT2D eigenvalue weighted by molar-refractivity contribution is -0.140. The Morgan fingerprint density at radius 2 is 1.74 bits per heavy atom. The van der Waals surface area contributed by atoms with Crippen LogP contribution in [0.25, 0.3) is 0 Å². The van der Waals surface area contributed by atoms with Gasteiger partial charge in [-0.1, -0.05) is 36.7 Å². The maximum Gasteiger partial charge on any atom is 0.244 e. The van der Waals surface area contributed by atoms with Gasteiger partial charge in [0.15, 0.2) is 0 Å². The van der Waals surface area contributed by atoms with Crippen LogP contribution in [0.2, 0.25) is 5.02 Å². The van der Waals surface area contributed by atoms with E-state index in [0.717, 1.165) is 10.6 Å². The van der Waals surface area contributed by atoms with Gasteiger partial charge in [0.05, 0.1) is 11.9 Å². The van der Waals surface area contributed by atoms with Crippen LogP contribution in [0.4, 0.5) is 10.1 Å². The minimum atomic E-state index is -3.86. The van der Waals surface area contributed by atoms with Gasteiger partial charge in [-0.25, -0.2) is 12.8 Å². The van der Waals surface area contributed by atoms with Gasteiger partial charge in [0, 0.05) is 17.6 Å². The first-order chi connectivity index (χ1) is 15.8. The maximum atomic E-state index is 13.6. The Balaban J connectivity index is 2.48. The van der Waals surface area contributed by atoms with Crippen molar-refractivity contribution in [3.05, 3.63) is 64.4 Å². The predicted octanol–water partition coefficient (Wildman–Crippen LogP) is 3.89. The van der Waals surface area contributed by atoms with Crippen LogP contribution in [-0.4, -0.2) is 50.0 Å². The summed E-state index contributed by atoms with van der Waals surface area (Å²) in [6.45, 7) is 6.59. The third-order valence-corrected chi connectivity index (χ3v) is 6.56. The molecule has 10 heteroatoms. The highest BCUT2D eigenvalue weighted by Crippen LogP contribution is 2.27. The summed E-state index contributed by atoms with van der Waals surface area (Å²) in [5.41, 5.74) is 1.51. The summed E-state index contributed by atoms with van der Waals surface area (Å²) in [6, 6.07) is 9.38. The van der Waals surface area contributed by atoms with Gasteiger partial charge >= 0.3 is 0 Å². The van der Waals surface area contributed by atoms with Crippen LogP contribution in [0, 0.1) is 12.7 Å². The summed E-state index contributed by atoms with van der Waals surface area (Å²) >= 11 is 6.09. The number of halogens is 2. The number of hydrogen-bond donors (Lipinski definition) is 1. The molecular weight excluding hydrogens is 481 g/mol. The second-order valence-corrected chi connectivity index (χ2v) is 10.8. The summed E-state index contributed by atoms with van der Waals surface area (Å²) in [4.78, 5) is 27.8. The number of benzene rings is 2. The van der Waals surface area contributed by atoms with Crippen molar-refractivity contribution in [1.29, 1.82) is 0 Å². The third-order valence-electron chi connectivity index (χ3n) is 5.20. The minimum Gasteiger partial charge on any atom is -0.352 e. The first-order valence-corrected chi connectivity index (χ1v) is 13.1. The van der Waals surface area contributed by atoms with E-state index in [1.54, 1.807) is 26.0 Å². The fourth-order valence-corrected chi connectivity index (χ4v) is 4.60. The molecule has 0 aliphatic rings. The van der Waals surface area contributed by atoms with Crippen molar-refractivity contribution < 1.29 is 22.4 Å². The van der Waals surface area contributed by atoms with Crippen LogP contribution in [-0.2, 0) is 26.2 Å². The largest absolute Gasteiger partial charge is 0.352 e. The summed E-state index contributed by atoms with van der Waals surface area (Å²) in [6.07, 6.45) is 1.31. The molecule has 0 spiro atoms. The van der Waals surface area contributed by atoms with Crippen molar-refractivity contribution in [3.63, 3.8) is 0 Å². The maximum absolute atomic E-state index is 13.6. The summed E-state index contributed by atoms with van der Waals surface area (Å²) in [5.74, 6) is -1.34. The Bertz CT molecular complexity index is 1120. The number of carbonyl (C=O) groups excluding carboxylic acids is 2. The molecule has 0 bridgehead atoms. The second-order valence-electron chi connectivity index (χ2n) is 8.44. The van der Waals surface area contributed by atoms with Crippen molar-refractivity contribution in [1.82, 2.24) is 10.2 Å². The Morgan fingerprint density at radius 1 is 1.12 bits per heavy atom. The first-order valence-electron chi connectivity index (χ1n) is 10.9. The van der Waals surface area contributed by atoms with Gasteiger partial charge < -0.3 is 10.2 Å². The van der Waals surface area contributed by atoms with Gasteiger partial charge in [0.1, 0.15) is 18.4 Å². The Hall–Kier alpha value is -2.65. The molecule has 0 aliphatic carbocycles. The van der Waals surface area contributed by atoms with Crippen LogP contribution < -0.4 is 9.62 Å². The van der Waals surface area contributed by atoms with Crippen LogP contribution in [0.5, 0.6) is 0 Å². The average molecular weight is 512 g/mol. The molecule has 2 aromatic carbocycles. The number of sulfonamides is 1. The molecule has 0 unspecified atom stereocenters. The standard InChI is InChI=1S/C24H31ClFN3O4S/c1-6-21(24(31)27-16(2)3)28(14-18-8-11-20(26)12-9-18)23(30)15-29(34(5,32)33)22-13-19(25)10-7-17(22)4/h7-13,16,21H,6,14-15H2,1-5H3,(H,27,31)/t21-/m0/s1. The first kappa shape index (κ1) is 27.6. The molecule has 2 aromatic rings. The van der Waals surface area contributed by atoms with Crippen LogP contribution in [0.3, 0.4) is 0 Å². The Morgan fingerprint density at radius 3 is 2.26 bits per heavy atom. The molecule has 0 saturated heterocycles. The summed E-state index contributed by atoms with van der Waals surface area (Å²) in [5, 5.41) is 3.14. The Kier molecular flexibility index (Phi) is 9.46. The lowest BCUT2D eigenvalue weighted by Crippen LogP contribution is -2.53. The zero-order chi connectivity index (χ0) is 25.6. The lowest BCUT2D eigenvalue weighted by atomic mass is 10.1. The predicted molar refractivity (Wildman–Crippen MR) is 133 cm³/mol. The van der Waals surface area contributed by atoms with Crippen LogP contribution >= 0.6 is 11.6 Å². The van der Waals surface area contributed by atoms with Gasteiger partial charge in [0.2, 0.25) is 21.8 Å². The fourth-order valence-electron chi connectivity index (χ4n) is 3.53. The molecule has 186 valence electrons. The van der Waals surface area contributed by atoms with Crippen molar-refractivity contribution in [2.75, 3.05) is 17.1 Å².